The van der Waals surface area contributed by atoms with Gasteiger partial charge in [-0.3, -0.25) is 4.79 Å². The predicted octanol–water partition coefficient (Wildman–Crippen LogP) is 2.72. The second kappa shape index (κ2) is 4.53. The molecule has 0 atom stereocenters. The molecule has 70 valence electrons. The van der Waals surface area contributed by atoms with Gasteiger partial charge in [0.15, 0.2) is 0 Å². The van der Waals surface area contributed by atoms with Crippen LogP contribution in [-0.4, -0.2) is 13.4 Å². The first-order valence-electron chi connectivity index (χ1n) is 3.92. The summed E-state index contributed by atoms with van der Waals surface area (Å²) in [7, 11) is 1.61. The second-order valence-electron chi connectivity index (χ2n) is 2.85. The van der Waals surface area contributed by atoms with Crippen LogP contribution in [0, 0.1) is 6.92 Å². The molecule has 1 aromatic carbocycles. The normalized spacial score (nSPS) is 10.1. The van der Waals surface area contributed by atoms with Crippen molar-refractivity contribution in [2.75, 3.05) is 7.11 Å². The molecule has 0 spiro atoms. The molecule has 1 rings (SSSR count). The van der Waals surface area contributed by atoms with Crippen LogP contribution in [0.2, 0.25) is 0 Å². The fourth-order valence-corrected chi connectivity index (χ4v) is 1.53. The van der Waals surface area contributed by atoms with Gasteiger partial charge in [-0.1, -0.05) is 15.9 Å². The van der Waals surface area contributed by atoms with Gasteiger partial charge in [0, 0.05) is 17.1 Å². The van der Waals surface area contributed by atoms with E-state index in [2.05, 4.69) is 15.9 Å². The van der Waals surface area contributed by atoms with Gasteiger partial charge in [0.25, 0.3) is 0 Å². The first kappa shape index (κ1) is 10.4. The first-order valence-corrected chi connectivity index (χ1v) is 4.71. The number of methoxy groups -OCH3 is 1. The third-order valence-corrected chi connectivity index (χ3v) is 2.70. The fourth-order valence-electron chi connectivity index (χ4n) is 1.14. The van der Waals surface area contributed by atoms with Crippen molar-refractivity contribution in [3.63, 3.8) is 0 Å². The molecule has 0 amide bonds. The Morgan fingerprint density at radius 3 is 2.77 bits per heavy atom. The van der Waals surface area contributed by atoms with E-state index in [1.807, 2.05) is 19.1 Å². The van der Waals surface area contributed by atoms with Gasteiger partial charge in [0.05, 0.1) is 6.61 Å². The number of ether oxygens (including phenoxy) is 1. The number of carbonyl (C=O) groups is 1. The molecule has 0 heterocycles. The summed E-state index contributed by atoms with van der Waals surface area (Å²) in [5, 5.41) is 0. The van der Waals surface area contributed by atoms with Crippen molar-refractivity contribution in [1.29, 1.82) is 0 Å². The van der Waals surface area contributed by atoms with Crippen molar-refractivity contribution < 1.29 is 9.53 Å². The van der Waals surface area contributed by atoms with Crippen LogP contribution in [-0.2, 0) is 11.3 Å². The molecule has 0 saturated heterocycles. The number of benzene rings is 1. The van der Waals surface area contributed by atoms with Gasteiger partial charge in [-0.05, 0) is 30.2 Å². The Morgan fingerprint density at radius 1 is 1.54 bits per heavy atom. The smallest absolute Gasteiger partial charge is 0.150 e. The average Bonchev–Trinajstić information content (AvgIpc) is 2.11. The van der Waals surface area contributed by atoms with E-state index < -0.39 is 0 Å². The molecular weight excluding hydrogens is 232 g/mol. The highest BCUT2D eigenvalue weighted by atomic mass is 79.9. The average molecular weight is 243 g/mol. The molecular formula is C10H11BrO2. The lowest BCUT2D eigenvalue weighted by atomic mass is 10.1. The van der Waals surface area contributed by atoms with Gasteiger partial charge in [0.1, 0.15) is 6.29 Å². The summed E-state index contributed by atoms with van der Waals surface area (Å²) < 4.78 is 5.99. The van der Waals surface area contributed by atoms with Gasteiger partial charge in [-0.2, -0.15) is 0 Å². The summed E-state index contributed by atoms with van der Waals surface area (Å²) in [4.78, 5) is 10.7. The lowest BCUT2D eigenvalue weighted by Gasteiger charge is -2.06. The SMILES string of the molecule is COCc1cc(Br)c(C)cc1C=O. The van der Waals surface area contributed by atoms with Crippen molar-refractivity contribution in [2.24, 2.45) is 0 Å². The van der Waals surface area contributed by atoms with Gasteiger partial charge in [-0.25, -0.2) is 0 Å². The van der Waals surface area contributed by atoms with E-state index in [-0.39, 0.29) is 0 Å². The number of aryl methyl sites for hydroxylation is 1. The minimum Gasteiger partial charge on any atom is -0.380 e. The van der Waals surface area contributed by atoms with Crippen LogP contribution < -0.4 is 0 Å². The number of halogens is 1. The Bertz CT molecular complexity index is 321. The van der Waals surface area contributed by atoms with Crippen LogP contribution >= 0.6 is 15.9 Å². The highest BCUT2D eigenvalue weighted by molar-refractivity contribution is 9.10. The van der Waals surface area contributed by atoms with Crippen LogP contribution in [0.25, 0.3) is 0 Å². The van der Waals surface area contributed by atoms with E-state index in [0.29, 0.717) is 12.2 Å². The number of rotatable bonds is 3. The van der Waals surface area contributed by atoms with Crippen molar-refractivity contribution in [1.82, 2.24) is 0 Å². The number of aldehydes is 1. The Kier molecular flexibility index (Phi) is 3.63. The molecule has 0 radical (unpaired) electrons. The molecule has 0 unspecified atom stereocenters. The van der Waals surface area contributed by atoms with Gasteiger partial charge in [0.2, 0.25) is 0 Å². The quantitative estimate of drug-likeness (QED) is 0.763. The summed E-state index contributed by atoms with van der Waals surface area (Å²) in [5.74, 6) is 0. The predicted molar refractivity (Wildman–Crippen MR) is 55.0 cm³/mol. The summed E-state index contributed by atoms with van der Waals surface area (Å²) in [6, 6.07) is 3.77. The maximum atomic E-state index is 10.7. The fraction of sp³-hybridized carbons (Fsp3) is 0.300. The third-order valence-electron chi connectivity index (χ3n) is 1.85. The van der Waals surface area contributed by atoms with Crippen molar-refractivity contribution in [3.8, 4) is 0 Å². The third kappa shape index (κ3) is 2.39. The van der Waals surface area contributed by atoms with Crippen LogP contribution in [0.4, 0.5) is 0 Å². The highest BCUT2D eigenvalue weighted by Gasteiger charge is 2.04. The number of hydrogen-bond acceptors (Lipinski definition) is 2. The molecule has 13 heavy (non-hydrogen) atoms. The Balaban J connectivity index is 3.16. The molecule has 0 N–H and O–H groups in total. The maximum absolute atomic E-state index is 10.7. The van der Waals surface area contributed by atoms with E-state index in [9.17, 15) is 4.79 Å². The highest BCUT2D eigenvalue weighted by Crippen LogP contribution is 2.21. The summed E-state index contributed by atoms with van der Waals surface area (Å²) >= 11 is 3.41. The lowest BCUT2D eigenvalue weighted by molar-refractivity contribution is 0.111. The number of hydrogen-bond donors (Lipinski definition) is 0. The molecule has 0 aromatic heterocycles. The standard InChI is InChI=1S/C10H11BrO2/c1-7-3-8(5-12)9(6-13-2)4-10(7)11/h3-5H,6H2,1-2H3. The topological polar surface area (TPSA) is 26.3 Å². The van der Waals surface area contributed by atoms with Crippen LogP contribution in [0.5, 0.6) is 0 Å². The largest absolute Gasteiger partial charge is 0.380 e. The van der Waals surface area contributed by atoms with Crippen LogP contribution in [0.1, 0.15) is 21.5 Å². The summed E-state index contributed by atoms with van der Waals surface area (Å²) in [6.07, 6.45) is 0.855. The van der Waals surface area contributed by atoms with E-state index in [4.69, 9.17) is 4.74 Å². The zero-order valence-corrected chi connectivity index (χ0v) is 9.22. The molecule has 0 bridgehead atoms. The molecule has 0 aliphatic carbocycles. The van der Waals surface area contributed by atoms with Crippen LogP contribution in [0.15, 0.2) is 16.6 Å². The molecule has 0 fully saturated rings. The molecule has 3 heteroatoms. The van der Waals surface area contributed by atoms with Crippen molar-refractivity contribution in [3.05, 3.63) is 33.3 Å². The summed E-state index contributed by atoms with van der Waals surface area (Å²) in [6.45, 7) is 2.42. The van der Waals surface area contributed by atoms with Crippen molar-refractivity contribution >= 4 is 22.2 Å². The zero-order valence-electron chi connectivity index (χ0n) is 7.63. The maximum Gasteiger partial charge on any atom is 0.150 e. The molecule has 0 saturated carbocycles. The molecule has 0 aliphatic heterocycles. The Labute approximate surface area is 86.0 Å². The van der Waals surface area contributed by atoms with E-state index in [1.165, 1.54) is 0 Å². The van der Waals surface area contributed by atoms with E-state index >= 15 is 0 Å². The lowest BCUT2D eigenvalue weighted by Crippen LogP contribution is -1.96. The zero-order chi connectivity index (χ0) is 9.84. The van der Waals surface area contributed by atoms with Crippen LogP contribution in [0.3, 0.4) is 0 Å². The van der Waals surface area contributed by atoms with Gasteiger partial charge in [-0.15, -0.1) is 0 Å². The van der Waals surface area contributed by atoms with Gasteiger partial charge < -0.3 is 4.74 Å². The van der Waals surface area contributed by atoms with E-state index in [1.54, 1.807) is 7.11 Å². The second-order valence-corrected chi connectivity index (χ2v) is 3.71. The monoisotopic (exact) mass is 242 g/mol. The molecule has 0 aliphatic rings. The Morgan fingerprint density at radius 2 is 2.23 bits per heavy atom. The minimum absolute atomic E-state index is 0.465. The van der Waals surface area contributed by atoms with Crippen molar-refractivity contribution in [2.45, 2.75) is 13.5 Å². The Hall–Kier alpha value is -0.670. The molecule has 2 nitrogen and oxygen atoms in total. The van der Waals surface area contributed by atoms with Gasteiger partial charge >= 0.3 is 0 Å². The minimum atomic E-state index is 0.465. The first-order chi connectivity index (χ1) is 6.19. The van der Waals surface area contributed by atoms with E-state index in [0.717, 1.165) is 21.9 Å². The number of carbonyl (C=O) groups excluding carboxylic acids is 1. The molecule has 1 aromatic rings. The summed E-state index contributed by atoms with van der Waals surface area (Å²) in [5.41, 5.74) is 2.67.